The number of rotatable bonds is 6. The normalized spacial score (nSPS) is 10.4. The third-order valence-corrected chi connectivity index (χ3v) is 3.94. The van der Waals surface area contributed by atoms with Crippen LogP contribution in [0, 0.1) is 10.1 Å². The molecular weight excluding hydrogens is 376 g/mol. The van der Waals surface area contributed by atoms with Gasteiger partial charge < -0.3 is 14.6 Å². The summed E-state index contributed by atoms with van der Waals surface area (Å²) in [6.07, 6.45) is 0. The molecule has 10 heteroatoms. The Bertz CT molecular complexity index is 987. The van der Waals surface area contributed by atoms with Crippen molar-refractivity contribution in [1.29, 1.82) is 0 Å². The highest BCUT2D eigenvalue weighted by Crippen LogP contribution is 2.23. The number of nitrogens with one attached hydrogen (secondary N) is 1. The third-order valence-electron chi connectivity index (χ3n) is 3.62. The number of carbonyl (C=O) groups excluding carboxylic acids is 1. The van der Waals surface area contributed by atoms with Gasteiger partial charge in [0.2, 0.25) is 11.7 Å². The fourth-order valence-corrected chi connectivity index (χ4v) is 2.50. The maximum absolute atomic E-state index is 12.2. The lowest BCUT2D eigenvalue weighted by atomic mass is 10.2. The Morgan fingerprint density at radius 2 is 2.04 bits per heavy atom. The van der Waals surface area contributed by atoms with Crippen LogP contribution in [-0.4, -0.2) is 28.1 Å². The second kappa shape index (κ2) is 7.83. The zero-order chi connectivity index (χ0) is 19.4. The van der Waals surface area contributed by atoms with E-state index in [1.807, 2.05) is 0 Å². The van der Waals surface area contributed by atoms with E-state index in [1.54, 1.807) is 31.4 Å². The topological polar surface area (TPSA) is 120 Å². The molecule has 2 aromatic carbocycles. The van der Waals surface area contributed by atoms with Gasteiger partial charge in [0.1, 0.15) is 5.75 Å². The summed E-state index contributed by atoms with van der Waals surface area (Å²) in [7, 11) is 1.57. The molecule has 0 atom stereocenters. The zero-order valence-corrected chi connectivity index (χ0v) is 14.8. The summed E-state index contributed by atoms with van der Waals surface area (Å²) >= 11 is 5.93. The second-order valence-electron chi connectivity index (χ2n) is 5.34. The Morgan fingerprint density at radius 1 is 1.30 bits per heavy atom. The van der Waals surface area contributed by atoms with Crippen LogP contribution in [-0.2, 0) is 6.54 Å². The highest BCUT2D eigenvalue weighted by Gasteiger charge is 2.16. The maximum atomic E-state index is 12.2. The highest BCUT2D eigenvalue weighted by atomic mass is 35.5. The minimum absolute atomic E-state index is 0.0185. The maximum Gasteiger partial charge on any atom is 0.270 e. The zero-order valence-electron chi connectivity index (χ0n) is 14.0. The number of nitro groups is 1. The van der Waals surface area contributed by atoms with Crippen molar-refractivity contribution in [2.24, 2.45) is 0 Å². The fourth-order valence-electron chi connectivity index (χ4n) is 2.24. The molecule has 0 aliphatic heterocycles. The largest absolute Gasteiger partial charge is 0.497 e. The SMILES string of the molecule is COc1ccc(-c2noc(CNC(=O)c3ccc([N+](=O)[O-])cc3Cl)n2)cc1. The van der Waals surface area contributed by atoms with Crippen LogP contribution in [0.3, 0.4) is 0 Å². The van der Waals surface area contributed by atoms with Gasteiger partial charge in [0, 0.05) is 17.7 Å². The Labute approximate surface area is 158 Å². The van der Waals surface area contributed by atoms with Gasteiger partial charge in [-0.15, -0.1) is 0 Å². The molecule has 1 N–H and O–H groups in total. The molecular formula is C17H13ClN4O5. The number of hydrogen-bond donors (Lipinski definition) is 1. The standard InChI is InChI=1S/C17H13ClN4O5/c1-26-12-5-2-10(3-6-12)16-20-15(27-21-16)9-19-17(23)13-7-4-11(22(24)25)8-14(13)18/h2-8H,9H2,1H3,(H,19,23). The first-order valence-electron chi connectivity index (χ1n) is 7.67. The van der Waals surface area contributed by atoms with Gasteiger partial charge >= 0.3 is 0 Å². The molecule has 0 fully saturated rings. The lowest BCUT2D eigenvalue weighted by Crippen LogP contribution is -2.23. The van der Waals surface area contributed by atoms with Crippen molar-refractivity contribution >= 4 is 23.2 Å². The van der Waals surface area contributed by atoms with Gasteiger partial charge in [-0.25, -0.2) is 0 Å². The number of carbonyl (C=O) groups is 1. The molecule has 1 heterocycles. The molecule has 0 saturated carbocycles. The van der Waals surface area contributed by atoms with E-state index in [1.165, 1.54) is 12.1 Å². The molecule has 9 nitrogen and oxygen atoms in total. The predicted molar refractivity (Wildman–Crippen MR) is 95.6 cm³/mol. The number of nitro benzene ring substituents is 1. The molecule has 0 saturated heterocycles. The van der Waals surface area contributed by atoms with Crippen molar-refractivity contribution in [2.45, 2.75) is 6.54 Å². The van der Waals surface area contributed by atoms with Gasteiger partial charge in [-0.3, -0.25) is 14.9 Å². The monoisotopic (exact) mass is 388 g/mol. The van der Waals surface area contributed by atoms with E-state index in [4.69, 9.17) is 20.9 Å². The molecule has 1 aromatic heterocycles. The summed E-state index contributed by atoms with van der Waals surface area (Å²) in [5, 5.41) is 17.1. The van der Waals surface area contributed by atoms with E-state index >= 15 is 0 Å². The number of aromatic nitrogens is 2. The summed E-state index contributed by atoms with van der Waals surface area (Å²) in [5.41, 5.74) is 0.644. The van der Waals surface area contributed by atoms with Gasteiger partial charge in [-0.1, -0.05) is 16.8 Å². The number of nitrogens with zero attached hydrogens (tertiary/aromatic N) is 3. The minimum Gasteiger partial charge on any atom is -0.497 e. The van der Waals surface area contributed by atoms with Crippen molar-refractivity contribution in [3.63, 3.8) is 0 Å². The van der Waals surface area contributed by atoms with Crippen molar-refractivity contribution in [2.75, 3.05) is 7.11 Å². The first-order chi connectivity index (χ1) is 13.0. The van der Waals surface area contributed by atoms with Crippen LogP contribution in [0.2, 0.25) is 5.02 Å². The minimum atomic E-state index is -0.591. The quantitative estimate of drug-likeness (QED) is 0.508. The molecule has 138 valence electrons. The van der Waals surface area contributed by atoms with Gasteiger partial charge in [-0.05, 0) is 30.3 Å². The van der Waals surface area contributed by atoms with Crippen molar-refractivity contribution < 1.29 is 19.0 Å². The van der Waals surface area contributed by atoms with E-state index in [9.17, 15) is 14.9 Å². The number of benzene rings is 2. The molecule has 0 aliphatic rings. The van der Waals surface area contributed by atoms with Gasteiger partial charge in [0.05, 0.1) is 29.2 Å². The summed E-state index contributed by atoms with van der Waals surface area (Å²) in [6, 6.07) is 10.7. The summed E-state index contributed by atoms with van der Waals surface area (Å²) in [5.74, 6) is 0.760. The summed E-state index contributed by atoms with van der Waals surface area (Å²) in [6.45, 7) is -0.0185. The Kier molecular flexibility index (Phi) is 5.32. The number of halogens is 1. The lowest BCUT2D eigenvalue weighted by Gasteiger charge is -2.04. The molecule has 0 bridgehead atoms. The van der Waals surface area contributed by atoms with E-state index in [-0.39, 0.29) is 28.7 Å². The second-order valence-corrected chi connectivity index (χ2v) is 5.75. The molecule has 27 heavy (non-hydrogen) atoms. The lowest BCUT2D eigenvalue weighted by molar-refractivity contribution is -0.384. The number of non-ortho nitro benzene ring substituents is 1. The van der Waals surface area contributed by atoms with E-state index < -0.39 is 10.8 Å². The predicted octanol–water partition coefficient (Wildman–Crippen LogP) is 3.24. The van der Waals surface area contributed by atoms with Crippen LogP contribution < -0.4 is 10.1 Å². The molecule has 0 unspecified atom stereocenters. The summed E-state index contributed by atoms with van der Waals surface area (Å²) in [4.78, 5) is 26.5. The molecule has 0 aliphatic carbocycles. The van der Waals surface area contributed by atoms with E-state index in [0.29, 0.717) is 11.6 Å². The van der Waals surface area contributed by atoms with Crippen LogP contribution in [0.1, 0.15) is 16.2 Å². The number of hydrogen-bond acceptors (Lipinski definition) is 7. The van der Waals surface area contributed by atoms with Crippen molar-refractivity contribution in [1.82, 2.24) is 15.5 Å². The first kappa shape index (κ1) is 18.3. The summed E-state index contributed by atoms with van der Waals surface area (Å²) < 4.78 is 10.2. The van der Waals surface area contributed by atoms with Crippen LogP contribution in [0.5, 0.6) is 5.75 Å². The van der Waals surface area contributed by atoms with Crippen molar-refractivity contribution in [3.8, 4) is 17.1 Å². The number of methoxy groups -OCH3 is 1. The van der Waals surface area contributed by atoms with Gasteiger partial charge in [0.25, 0.3) is 11.6 Å². The fraction of sp³-hybridized carbons (Fsp3) is 0.118. The highest BCUT2D eigenvalue weighted by molar-refractivity contribution is 6.34. The molecule has 1 amide bonds. The Balaban J connectivity index is 1.66. The van der Waals surface area contributed by atoms with Crippen LogP contribution in [0.15, 0.2) is 47.0 Å². The first-order valence-corrected chi connectivity index (χ1v) is 8.05. The van der Waals surface area contributed by atoms with Gasteiger partial charge in [-0.2, -0.15) is 4.98 Å². The van der Waals surface area contributed by atoms with Crippen LogP contribution in [0.4, 0.5) is 5.69 Å². The molecule has 3 aromatic rings. The molecule has 0 spiro atoms. The Hall–Kier alpha value is -3.46. The van der Waals surface area contributed by atoms with Gasteiger partial charge in [0.15, 0.2) is 0 Å². The molecule has 0 radical (unpaired) electrons. The van der Waals surface area contributed by atoms with E-state index in [2.05, 4.69) is 15.5 Å². The van der Waals surface area contributed by atoms with Crippen LogP contribution in [0.25, 0.3) is 11.4 Å². The average molecular weight is 389 g/mol. The van der Waals surface area contributed by atoms with Crippen LogP contribution >= 0.6 is 11.6 Å². The third kappa shape index (κ3) is 4.21. The van der Waals surface area contributed by atoms with E-state index in [0.717, 1.165) is 11.6 Å². The smallest absolute Gasteiger partial charge is 0.270 e. The van der Waals surface area contributed by atoms with Crippen molar-refractivity contribution in [3.05, 3.63) is 69.1 Å². The number of ether oxygens (including phenoxy) is 1. The number of amides is 1. The average Bonchev–Trinajstić information content (AvgIpc) is 3.15. The Morgan fingerprint density at radius 3 is 2.67 bits per heavy atom. The molecule has 3 rings (SSSR count).